The molecule has 0 aliphatic carbocycles. The standard InChI is InChI=1S/C19H23N3O2S/c1-4-9-24-16-8-7-15(18(23)11-16)12-20-22-19(25)21-17-10-13(2)5-6-14(17)3/h5-8,10-12,23H,4,9H2,1-3H3,(H2,21,22,25). The summed E-state index contributed by atoms with van der Waals surface area (Å²) in [5.41, 5.74) is 6.51. The fraction of sp³-hybridized carbons (Fsp3) is 0.263. The molecule has 0 bridgehead atoms. The normalized spacial score (nSPS) is 10.7. The molecule has 6 heteroatoms. The summed E-state index contributed by atoms with van der Waals surface area (Å²) < 4.78 is 5.47. The van der Waals surface area contributed by atoms with Gasteiger partial charge in [-0.2, -0.15) is 5.10 Å². The van der Waals surface area contributed by atoms with Crippen molar-refractivity contribution in [1.29, 1.82) is 0 Å². The molecule has 2 rings (SSSR count). The summed E-state index contributed by atoms with van der Waals surface area (Å²) in [6.45, 7) is 6.68. The van der Waals surface area contributed by atoms with Crippen LogP contribution in [0.3, 0.4) is 0 Å². The SMILES string of the molecule is CCCOc1ccc(C=NNC(=S)Nc2cc(C)ccc2C)c(O)c1. The van der Waals surface area contributed by atoms with Crippen molar-refractivity contribution in [1.82, 2.24) is 5.43 Å². The molecule has 0 radical (unpaired) electrons. The number of nitrogens with zero attached hydrogens (tertiary/aromatic N) is 1. The van der Waals surface area contributed by atoms with Gasteiger partial charge < -0.3 is 15.2 Å². The first-order valence-corrected chi connectivity index (χ1v) is 8.53. The van der Waals surface area contributed by atoms with Crippen LogP contribution in [0.1, 0.15) is 30.0 Å². The number of aromatic hydroxyl groups is 1. The van der Waals surface area contributed by atoms with Crippen LogP contribution in [0.25, 0.3) is 0 Å². The monoisotopic (exact) mass is 357 g/mol. The minimum Gasteiger partial charge on any atom is -0.507 e. The third-order valence-electron chi connectivity index (χ3n) is 3.49. The molecule has 2 aromatic rings. The van der Waals surface area contributed by atoms with Gasteiger partial charge in [0.25, 0.3) is 0 Å². The van der Waals surface area contributed by atoms with Crippen LogP contribution >= 0.6 is 12.2 Å². The molecule has 0 unspecified atom stereocenters. The summed E-state index contributed by atoms with van der Waals surface area (Å²) in [4.78, 5) is 0. The van der Waals surface area contributed by atoms with E-state index in [1.54, 1.807) is 18.2 Å². The van der Waals surface area contributed by atoms with Crippen molar-refractivity contribution in [2.24, 2.45) is 5.10 Å². The van der Waals surface area contributed by atoms with Gasteiger partial charge in [0.2, 0.25) is 0 Å². The van der Waals surface area contributed by atoms with E-state index in [1.165, 1.54) is 6.21 Å². The van der Waals surface area contributed by atoms with Crippen LogP contribution in [0.4, 0.5) is 5.69 Å². The van der Waals surface area contributed by atoms with Crippen molar-refractivity contribution in [2.75, 3.05) is 11.9 Å². The van der Waals surface area contributed by atoms with Crippen molar-refractivity contribution < 1.29 is 9.84 Å². The van der Waals surface area contributed by atoms with Crippen LogP contribution in [-0.4, -0.2) is 23.0 Å². The van der Waals surface area contributed by atoms with Gasteiger partial charge in [-0.3, -0.25) is 5.43 Å². The number of benzene rings is 2. The average Bonchev–Trinajstić information content (AvgIpc) is 2.58. The van der Waals surface area contributed by atoms with E-state index in [0.717, 1.165) is 23.2 Å². The van der Waals surface area contributed by atoms with Crippen LogP contribution in [0, 0.1) is 13.8 Å². The van der Waals surface area contributed by atoms with E-state index in [-0.39, 0.29) is 5.75 Å². The first-order valence-electron chi connectivity index (χ1n) is 8.12. The molecular weight excluding hydrogens is 334 g/mol. The maximum atomic E-state index is 10.0. The zero-order valence-electron chi connectivity index (χ0n) is 14.7. The summed E-state index contributed by atoms with van der Waals surface area (Å²) in [6, 6.07) is 11.2. The number of hydrazone groups is 1. The number of thiocarbonyl (C=S) groups is 1. The molecule has 5 nitrogen and oxygen atoms in total. The van der Waals surface area contributed by atoms with E-state index in [2.05, 4.69) is 15.8 Å². The Bertz CT molecular complexity index is 775. The number of anilines is 1. The van der Waals surface area contributed by atoms with Gasteiger partial charge in [-0.15, -0.1) is 0 Å². The number of hydrogen-bond donors (Lipinski definition) is 3. The second-order valence-electron chi connectivity index (χ2n) is 5.71. The third-order valence-corrected chi connectivity index (χ3v) is 3.68. The number of ether oxygens (including phenoxy) is 1. The second kappa shape index (κ2) is 9.03. The van der Waals surface area contributed by atoms with Crippen LogP contribution in [-0.2, 0) is 0 Å². The number of phenols is 1. The Labute approximate surface area is 153 Å². The Morgan fingerprint density at radius 1 is 1.24 bits per heavy atom. The molecule has 0 aliphatic heterocycles. The van der Waals surface area contributed by atoms with Crippen LogP contribution in [0.2, 0.25) is 0 Å². The molecule has 0 fully saturated rings. The van der Waals surface area contributed by atoms with Gasteiger partial charge in [0.05, 0.1) is 12.8 Å². The van der Waals surface area contributed by atoms with Crippen molar-refractivity contribution in [3.63, 3.8) is 0 Å². The van der Waals surface area contributed by atoms with Crippen LogP contribution < -0.4 is 15.5 Å². The zero-order chi connectivity index (χ0) is 18.2. The maximum absolute atomic E-state index is 10.0. The lowest BCUT2D eigenvalue weighted by Crippen LogP contribution is -2.24. The minimum absolute atomic E-state index is 0.104. The van der Waals surface area contributed by atoms with Crippen LogP contribution in [0.15, 0.2) is 41.5 Å². The largest absolute Gasteiger partial charge is 0.507 e. The molecule has 0 amide bonds. The van der Waals surface area contributed by atoms with E-state index < -0.39 is 0 Å². The summed E-state index contributed by atoms with van der Waals surface area (Å²) in [5.74, 6) is 0.740. The van der Waals surface area contributed by atoms with Gasteiger partial charge in [0, 0.05) is 17.3 Å². The molecular formula is C19H23N3O2S. The molecule has 132 valence electrons. The fourth-order valence-corrected chi connectivity index (χ4v) is 2.29. The Balaban J connectivity index is 1.94. The Kier molecular flexibility index (Phi) is 6.77. The quantitative estimate of drug-likeness (QED) is 0.412. The summed E-state index contributed by atoms with van der Waals surface area (Å²) >= 11 is 5.24. The molecule has 0 spiro atoms. The number of rotatable bonds is 6. The molecule has 0 saturated heterocycles. The van der Waals surface area contributed by atoms with Gasteiger partial charge in [-0.25, -0.2) is 0 Å². The van der Waals surface area contributed by atoms with Gasteiger partial charge in [-0.05, 0) is 61.8 Å². The van der Waals surface area contributed by atoms with E-state index in [4.69, 9.17) is 17.0 Å². The summed E-state index contributed by atoms with van der Waals surface area (Å²) in [5, 5.41) is 17.6. The number of aryl methyl sites for hydroxylation is 2. The van der Waals surface area contributed by atoms with Crippen molar-refractivity contribution in [2.45, 2.75) is 27.2 Å². The minimum atomic E-state index is 0.104. The average molecular weight is 357 g/mol. The number of phenolic OH excluding ortho intramolecular Hbond substituents is 1. The van der Waals surface area contributed by atoms with Crippen LogP contribution in [0.5, 0.6) is 11.5 Å². The van der Waals surface area contributed by atoms with E-state index >= 15 is 0 Å². The molecule has 0 aromatic heterocycles. The van der Waals surface area contributed by atoms with Gasteiger partial charge in [0.1, 0.15) is 11.5 Å². The lowest BCUT2D eigenvalue weighted by molar-refractivity contribution is 0.315. The van der Waals surface area contributed by atoms with Crippen molar-refractivity contribution in [3.8, 4) is 11.5 Å². The maximum Gasteiger partial charge on any atom is 0.191 e. The Morgan fingerprint density at radius 2 is 2.04 bits per heavy atom. The molecule has 2 aromatic carbocycles. The summed E-state index contributed by atoms with van der Waals surface area (Å²) in [6.07, 6.45) is 2.43. The highest BCUT2D eigenvalue weighted by Crippen LogP contribution is 2.22. The highest BCUT2D eigenvalue weighted by Gasteiger charge is 2.03. The predicted molar refractivity (Wildman–Crippen MR) is 107 cm³/mol. The van der Waals surface area contributed by atoms with E-state index in [9.17, 15) is 5.11 Å². The predicted octanol–water partition coefficient (Wildman–Crippen LogP) is 4.12. The third kappa shape index (κ3) is 5.76. The Hall–Kier alpha value is -2.60. The molecule has 0 aliphatic rings. The molecule has 0 atom stereocenters. The number of nitrogens with one attached hydrogen (secondary N) is 2. The summed E-state index contributed by atoms with van der Waals surface area (Å²) in [7, 11) is 0. The Morgan fingerprint density at radius 3 is 2.76 bits per heavy atom. The zero-order valence-corrected chi connectivity index (χ0v) is 15.5. The van der Waals surface area contributed by atoms with E-state index in [0.29, 0.717) is 23.0 Å². The topological polar surface area (TPSA) is 65.9 Å². The lowest BCUT2D eigenvalue weighted by atomic mass is 10.1. The molecule has 0 saturated carbocycles. The molecule has 3 N–H and O–H groups in total. The molecule has 25 heavy (non-hydrogen) atoms. The van der Waals surface area contributed by atoms with E-state index in [1.807, 2.05) is 39.0 Å². The smallest absolute Gasteiger partial charge is 0.191 e. The highest BCUT2D eigenvalue weighted by atomic mass is 32.1. The number of hydrogen-bond acceptors (Lipinski definition) is 4. The van der Waals surface area contributed by atoms with Crippen molar-refractivity contribution >= 4 is 29.2 Å². The first-order chi connectivity index (χ1) is 12.0. The highest BCUT2D eigenvalue weighted by molar-refractivity contribution is 7.80. The molecule has 0 heterocycles. The van der Waals surface area contributed by atoms with Gasteiger partial charge >= 0.3 is 0 Å². The van der Waals surface area contributed by atoms with Gasteiger partial charge in [0.15, 0.2) is 5.11 Å². The first kappa shape index (κ1) is 18.7. The lowest BCUT2D eigenvalue weighted by Gasteiger charge is -2.10. The van der Waals surface area contributed by atoms with Gasteiger partial charge in [-0.1, -0.05) is 19.1 Å². The second-order valence-corrected chi connectivity index (χ2v) is 6.12. The fourth-order valence-electron chi connectivity index (χ4n) is 2.12. The van der Waals surface area contributed by atoms with Crippen molar-refractivity contribution in [3.05, 3.63) is 53.1 Å².